The van der Waals surface area contributed by atoms with Crippen LogP contribution in [-0.4, -0.2) is 25.8 Å². The normalized spacial score (nSPS) is 15.2. The highest BCUT2D eigenvalue weighted by atomic mass is 16.5. The van der Waals surface area contributed by atoms with Gasteiger partial charge in [-0.2, -0.15) is 0 Å². The topological polar surface area (TPSA) is 21.3 Å². The molecule has 0 rings (SSSR count). The van der Waals surface area contributed by atoms with Crippen LogP contribution in [0, 0.1) is 11.8 Å². The van der Waals surface area contributed by atoms with E-state index < -0.39 is 0 Å². The van der Waals surface area contributed by atoms with E-state index in [0.717, 1.165) is 31.6 Å². The van der Waals surface area contributed by atoms with Crippen LogP contribution in [0.4, 0.5) is 0 Å². The molecular weight excluding hydrogens is 210 g/mol. The fourth-order valence-electron chi connectivity index (χ4n) is 2.25. The number of nitrogens with one attached hydrogen (secondary N) is 1. The summed E-state index contributed by atoms with van der Waals surface area (Å²) in [5.74, 6) is 1.45. The molecule has 0 fully saturated rings. The van der Waals surface area contributed by atoms with E-state index >= 15 is 0 Å². The van der Waals surface area contributed by atoms with E-state index in [1.807, 2.05) is 0 Å². The molecule has 2 heteroatoms. The Labute approximate surface area is 109 Å². The lowest BCUT2D eigenvalue weighted by atomic mass is 9.86. The number of rotatable bonds is 11. The molecule has 0 heterocycles. The van der Waals surface area contributed by atoms with E-state index in [2.05, 4.69) is 39.9 Å². The van der Waals surface area contributed by atoms with E-state index in [0.29, 0.717) is 6.04 Å². The lowest BCUT2D eigenvalue weighted by Crippen LogP contribution is -2.37. The first-order valence-corrected chi connectivity index (χ1v) is 7.44. The Morgan fingerprint density at radius 3 is 2.24 bits per heavy atom. The van der Waals surface area contributed by atoms with Gasteiger partial charge in [0.2, 0.25) is 0 Å². The summed E-state index contributed by atoms with van der Waals surface area (Å²) in [5.41, 5.74) is 0. The molecule has 0 aliphatic carbocycles. The van der Waals surface area contributed by atoms with Crippen LogP contribution in [-0.2, 0) is 4.74 Å². The maximum absolute atomic E-state index is 5.68. The third-order valence-electron chi connectivity index (χ3n) is 3.45. The molecule has 2 atom stereocenters. The molecule has 104 valence electrons. The molecule has 0 spiro atoms. The Morgan fingerprint density at radius 1 is 1.00 bits per heavy atom. The quantitative estimate of drug-likeness (QED) is 0.556. The fourth-order valence-corrected chi connectivity index (χ4v) is 2.25. The molecule has 0 aliphatic heterocycles. The first-order valence-electron chi connectivity index (χ1n) is 7.44. The monoisotopic (exact) mass is 243 g/mol. The van der Waals surface area contributed by atoms with Crippen LogP contribution < -0.4 is 5.32 Å². The molecule has 0 aromatic rings. The second-order valence-electron chi connectivity index (χ2n) is 5.41. The second kappa shape index (κ2) is 11.0. The molecule has 0 bridgehead atoms. The lowest BCUT2D eigenvalue weighted by molar-refractivity contribution is 0.103. The molecule has 0 aromatic carbocycles. The Balaban J connectivity index is 3.81. The van der Waals surface area contributed by atoms with E-state index in [1.165, 1.54) is 25.7 Å². The molecule has 0 radical (unpaired) electrons. The Kier molecular flexibility index (Phi) is 11.0. The van der Waals surface area contributed by atoms with Gasteiger partial charge in [-0.05, 0) is 44.6 Å². The van der Waals surface area contributed by atoms with Crippen LogP contribution in [0.1, 0.15) is 60.3 Å². The van der Waals surface area contributed by atoms with Gasteiger partial charge in [-0.3, -0.25) is 0 Å². The zero-order valence-electron chi connectivity index (χ0n) is 12.6. The third-order valence-corrected chi connectivity index (χ3v) is 3.45. The Bertz CT molecular complexity index is 159. The summed E-state index contributed by atoms with van der Waals surface area (Å²) in [6, 6.07) is 0.602. The van der Waals surface area contributed by atoms with Crippen molar-refractivity contribution < 1.29 is 4.74 Å². The highest BCUT2D eigenvalue weighted by Crippen LogP contribution is 2.19. The minimum absolute atomic E-state index is 0.602. The van der Waals surface area contributed by atoms with Crippen molar-refractivity contribution in [3.8, 4) is 0 Å². The number of hydrogen-bond acceptors (Lipinski definition) is 2. The molecule has 2 nitrogen and oxygen atoms in total. The summed E-state index contributed by atoms with van der Waals surface area (Å²) < 4.78 is 5.68. The molecule has 0 aliphatic rings. The third kappa shape index (κ3) is 8.62. The molecule has 1 N–H and O–H groups in total. The van der Waals surface area contributed by atoms with Gasteiger partial charge in [-0.25, -0.2) is 0 Å². The number of hydrogen-bond donors (Lipinski definition) is 1. The van der Waals surface area contributed by atoms with Crippen molar-refractivity contribution in [2.45, 2.75) is 66.3 Å². The van der Waals surface area contributed by atoms with Gasteiger partial charge in [0.1, 0.15) is 0 Å². The highest BCUT2D eigenvalue weighted by molar-refractivity contribution is 4.74. The minimum atomic E-state index is 0.602. The van der Waals surface area contributed by atoms with Crippen LogP contribution in [0.15, 0.2) is 0 Å². The summed E-state index contributed by atoms with van der Waals surface area (Å²) in [7, 11) is 0. The lowest BCUT2D eigenvalue weighted by Gasteiger charge is -2.28. The summed E-state index contributed by atoms with van der Waals surface area (Å²) in [6.07, 6.45) is 4.81. The SMILES string of the molecule is CCCCOCCC(C(C)C)C(C)NCCC. The Hall–Kier alpha value is -0.0800. The van der Waals surface area contributed by atoms with Gasteiger partial charge < -0.3 is 10.1 Å². The highest BCUT2D eigenvalue weighted by Gasteiger charge is 2.19. The van der Waals surface area contributed by atoms with Crippen molar-refractivity contribution in [2.24, 2.45) is 11.8 Å². The number of unbranched alkanes of at least 4 members (excludes halogenated alkanes) is 1. The largest absolute Gasteiger partial charge is 0.381 e. The van der Waals surface area contributed by atoms with Crippen molar-refractivity contribution >= 4 is 0 Å². The predicted octanol–water partition coefficient (Wildman–Crippen LogP) is 3.85. The second-order valence-corrected chi connectivity index (χ2v) is 5.41. The first kappa shape index (κ1) is 16.9. The van der Waals surface area contributed by atoms with Gasteiger partial charge in [0.25, 0.3) is 0 Å². The average molecular weight is 243 g/mol. The smallest absolute Gasteiger partial charge is 0.0469 e. The van der Waals surface area contributed by atoms with Gasteiger partial charge in [-0.1, -0.05) is 34.1 Å². The van der Waals surface area contributed by atoms with Crippen LogP contribution in [0.25, 0.3) is 0 Å². The molecular formula is C15H33NO. The van der Waals surface area contributed by atoms with Crippen LogP contribution in [0.3, 0.4) is 0 Å². The van der Waals surface area contributed by atoms with Crippen molar-refractivity contribution in [1.82, 2.24) is 5.32 Å². The van der Waals surface area contributed by atoms with E-state index in [9.17, 15) is 0 Å². The van der Waals surface area contributed by atoms with Gasteiger partial charge >= 0.3 is 0 Å². The maximum atomic E-state index is 5.68. The van der Waals surface area contributed by atoms with Crippen LogP contribution in [0.2, 0.25) is 0 Å². The van der Waals surface area contributed by atoms with Crippen LogP contribution >= 0.6 is 0 Å². The molecule has 0 saturated carbocycles. The van der Waals surface area contributed by atoms with Crippen molar-refractivity contribution in [2.75, 3.05) is 19.8 Å². The molecule has 17 heavy (non-hydrogen) atoms. The van der Waals surface area contributed by atoms with Crippen molar-refractivity contribution in [1.29, 1.82) is 0 Å². The van der Waals surface area contributed by atoms with Crippen molar-refractivity contribution in [3.05, 3.63) is 0 Å². The zero-order chi connectivity index (χ0) is 13.1. The van der Waals surface area contributed by atoms with Gasteiger partial charge in [0.15, 0.2) is 0 Å². The molecule has 0 amide bonds. The van der Waals surface area contributed by atoms with E-state index in [-0.39, 0.29) is 0 Å². The summed E-state index contributed by atoms with van der Waals surface area (Å²) in [6.45, 7) is 14.4. The molecule has 0 aromatic heterocycles. The van der Waals surface area contributed by atoms with Gasteiger partial charge in [-0.15, -0.1) is 0 Å². The first-order chi connectivity index (χ1) is 8.13. The fraction of sp³-hybridized carbons (Fsp3) is 1.00. The summed E-state index contributed by atoms with van der Waals surface area (Å²) in [5, 5.41) is 3.61. The molecule has 2 unspecified atom stereocenters. The van der Waals surface area contributed by atoms with Crippen molar-refractivity contribution in [3.63, 3.8) is 0 Å². The number of ether oxygens (including phenoxy) is 1. The van der Waals surface area contributed by atoms with Crippen LogP contribution in [0.5, 0.6) is 0 Å². The predicted molar refractivity (Wildman–Crippen MR) is 76.4 cm³/mol. The van der Waals surface area contributed by atoms with Gasteiger partial charge in [0.05, 0.1) is 0 Å². The Morgan fingerprint density at radius 2 is 1.71 bits per heavy atom. The molecule has 0 saturated heterocycles. The van der Waals surface area contributed by atoms with Gasteiger partial charge in [0, 0.05) is 19.3 Å². The summed E-state index contributed by atoms with van der Waals surface area (Å²) in [4.78, 5) is 0. The standard InChI is InChI=1S/C15H33NO/c1-6-8-11-17-12-9-15(13(3)4)14(5)16-10-7-2/h13-16H,6-12H2,1-5H3. The zero-order valence-corrected chi connectivity index (χ0v) is 12.6. The maximum Gasteiger partial charge on any atom is 0.0469 e. The average Bonchev–Trinajstić information content (AvgIpc) is 2.30. The summed E-state index contributed by atoms with van der Waals surface area (Å²) >= 11 is 0. The minimum Gasteiger partial charge on any atom is -0.381 e. The van der Waals surface area contributed by atoms with E-state index in [1.54, 1.807) is 0 Å². The van der Waals surface area contributed by atoms with E-state index in [4.69, 9.17) is 4.74 Å².